The molecule has 1 saturated heterocycles. The van der Waals surface area contributed by atoms with Crippen molar-refractivity contribution in [3.05, 3.63) is 73.8 Å². The molecule has 0 radical (unpaired) electrons. The third kappa shape index (κ3) is 8.67. The molecular formula is C48H58N4O12S. The van der Waals surface area contributed by atoms with Gasteiger partial charge in [0.2, 0.25) is 5.43 Å². The standard InChI is InChI=1S/C48H58N4O12S/c1-22-12-11-13-23(2)47(59)50-38-42(57)34-33(37-45(38)63-31-20-29(21-32(65)36(31)49-37)52-17-15-51(9)16-18-52)35-44(27(6)41(34)56)64-48(8,46(35)58)61-19-14-30(60-10)24(3)43(62-28(7)53)26(5)40(55)25(4)39(22)54/h11-14,19-22,24-26,30,39-40,43,54-56,58H,15-18H2,1-10H3,(H,50,59)/b12-11+,19-14+,23-13-/t22-,24+,25+,26+,30-,39-,40+,43+,48-/m0/s1. The van der Waals surface area contributed by atoms with Crippen molar-refractivity contribution in [3.63, 3.8) is 0 Å². The Morgan fingerprint density at radius 3 is 2.32 bits per heavy atom. The summed E-state index contributed by atoms with van der Waals surface area (Å²) < 4.78 is 31.0. The average molecular weight is 915 g/mol. The Kier molecular flexibility index (Phi) is 13.4. The number of amides is 1. The first-order valence-corrected chi connectivity index (χ1v) is 22.2. The van der Waals surface area contributed by atoms with Gasteiger partial charge in [-0.1, -0.05) is 58.1 Å². The number of benzene rings is 3. The summed E-state index contributed by atoms with van der Waals surface area (Å²) in [6, 6.07) is 3.62. The summed E-state index contributed by atoms with van der Waals surface area (Å²) >= 11 is 5.90. The van der Waals surface area contributed by atoms with Gasteiger partial charge in [0, 0.05) is 99.1 Å². The number of aliphatic hydroxyl groups is 3. The van der Waals surface area contributed by atoms with Gasteiger partial charge >= 0.3 is 11.8 Å². The van der Waals surface area contributed by atoms with Crippen LogP contribution in [0.5, 0.6) is 11.5 Å². The summed E-state index contributed by atoms with van der Waals surface area (Å²) in [5, 5.41) is 49.5. The lowest BCUT2D eigenvalue weighted by molar-refractivity contribution is -0.160. The van der Waals surface area contributed by atoms with Crippen molar-refractivity contribution in [1.29, 1.82) is 0 Å². The number of carbonyl (C=O) groups is 2. The number of phenolic OH excluding ortho intramolecular Hbond substituents is 1. The number of esters is 1. The predicted octanol–water partition coefficient (Wildman–Crippen LogP) is 5.68. The molecule has 4 bridgehead atoms. The van der Waals surface area contributed by atoms with Gasteiger partial charge in [-0.3, -0.25) is 14.4 Å². The van der Waals surface area contributed by atoms with E-state index in [1.807, 2.05) is 6.07 Å². The summed E-state index contributed by atoms with van der Waals surface area (Å²) in [6.45, 7) is 15.9. The van der Waals surface area contributed by atoms with Crippen LogP contribution >= 0.6 is 12.2 Å². The Labute approximate surface area is 381 Å². The number of piperazine rings is 1. The smallest absolute Gasteiger partial charge is 0.307 e. The van der Waals surface area contributed by atoms with E-state index in [9.17, 15) is 34.8 Å². The maximum atomic E-state index is 14.9. The third-order valence-electron chi connectivity index (χ3n) is 13.3. The number of allylic oxidation sites excluding steroid dienone is 2. The number of methoxy groups -OCH3 is 1. The van der Waals surface area contributed by atoms with Gasteiger partial charge in [-0.2, -0.15) is 0 Å². The van der Waals surface area contributed by atoms with Crippen LogP contribution in [0.25, 0.3) is 38.7 Å². The van der Waals surface area contributed by atoms with E-state index in [0.717, 1.165) is 31.9 Å². The summed E-state index contributed by atoms with van der Waals surface area (Å²) in [7, 11) is 3.51. The molecule has 5 N–H and O–H groups in total. The molecule has 3 aliphatic rings. The summed E-state index contributed by atoms with van der Waals surface area (Å²) in [5.41, 5.74) is 0.304. The van der Waals surface area contributed by atoms with Crippen molar-refractivity contribution in [1.82, 2.24) is 9.88 Å². The second-order valence-electron chi connectivity index (χ2n) is 17.8. The van der Waals surface area contributed by atoms with Crippen LogP contribution in [0, 0.1) is 35.1 Å². The SMILES string of the molecule is CO[C@H]1/C=C/O[C@@]2(C)Oc3c(C)c(O)c4c(=O)c(c5oc6cc(N7CCN(C)CC7)cc(=S)c6nc5c4c3=C2O)NC(=O)/C(C)=C\C=C\[C@H](C)[C@H](O)[C@@H](C)[C@@H](O)[C@@H](C)[C@H](OC(C)=O)[C@@H]1C. The van der Waals surface area contributed by atoms with Crippen molar-refractivity contribution < 1.29 is 53.4 Å². The number of aromatic hydroxyl groups is 1. The van der Waals surface area contributed by atoms with Gasteiger partial charge in [0.25, 0.3) is 5.91 Å². The molecular weight excluding hydrogens is 857 g/mol. The molecule has 0 spiro atoms. The van der Waals surface area contributed by atoms with Crippen molar-refractivity contribution in [2.24, 2.45) is 23.7 Å². The molecule has 0 saturated carbocycles. The van der Waals surface area contributed by atoms with Crippen LogP contribution in [0.3, 0.4) is 0 Å². The van der Waals surface area contributed by atoms with Gasteiger partial charge < -0.3 is 58.9 Å². The maximum Gasteiger partial charge on any atom is 0.307 e. The van der Waals surface area contributed by atoms with Gasteiger partial charge in [-0.05, 0) is 33.0 Å². The van der Waals surface area contributed by atoms with Gasteiger partial charge in [0.15, 0.2) is 16.9 Å². The number of rotatable bonds is 3. The molecule has 1 aromatic heterocycles. The van der Waals surface area contributed by atoms with Gasteiger partial charge in [-0.25, -0.2) is 4.98 Å². The van der Waals surface area contributed by atoms with E-state index < -0.39 is 82.7 Å². The second kappa shape index (κ2) is 18.4. The lowest BCUT2D eigenvalue weighted by atomic mass is 9.78. The van der Waals surface area contributed by atoms with Crippen molar-refractivity contribution >= 4 is 74.2 Å². The monoisotopic (exact) mass is 914 g/mol. The molecule has 9 atom stereocenters. The highest BCUT2D eigenvalue weighted by molar-refractivity contribution is 7.71. The summed E-state index contributed by atoms with van der Waals surface area (Å²) in [4.78, 5) is 50.7. The number of hydrogen-bond donors (Lipinski definition) is 5. The fourth-order valence-corrected chi connectivity index (χ4v) is 9.39. The van der Waals surface area contributed by atoms with E-state index in [-0.39, 0.29) is 60.8 Å². The van der Waals surface area contributed by atoms with E-state index in [0.29, 0.717) is 4.51 Å². The van der Waals surface area contributed by atoms with Gasteiger partial charge in [0.1, 0.15) is 34.3 Å². The molecule has 1 amide bonds. The van der Waals surface area contributed by atoms with Crippen LogP contribution in [0.4, 0.5) is 11.4 Å². The van der Waals surface area contributed by atoms with E-state index in [4.69, 9.17) is 40.6 Å². The number of aromatic nitrogens is 1. The Bertz CT molecular complexity index is 2830. The largest absolute Gasteiger partial charge is 0.507 e. The number of likely N-dealkylation sites (N-methyl/N-ethyl adjacent to an activating group) is 1. The zero-order valence-electron chi connectivity index (χ0n) is 38.3. The van der Waals surface area contributed by atoms with Crippen molar-refractivity contribution in [2.45, 2.75) is 85.6 Å². The highest BCUT2D eigenvalue weighted by Crippen LogP contribution is 2.42. The quantitative estimate of drug-likeness (QED) is 0.0724. The first-order valence-electron chi connectivity index (χ1n) is 21.8. The molecule has 0 unspecified atom stereocenters. The number of phenols is 1. The van der Waals surface area contributed by atoms with Crippen molar-refractivity contribution in [3.8, 4) is 11.5 Å². The molecule has 65 heavy (non-hydrogen) atoms. The van der Waals surface area contributed by atoms with E-state index in [1.54, 1.807) is 58.9 Å². The fourth-order valence-electron chi connectivity index (χ4n) is 9.12. The molecule has 3 aromatic carbocycles. The number of aliphatic hydroxyl groups excluding tert-OH is 3. The Morgan fingerprint density at radius 1 is 0.969 bits per heavy atom. The van der Waals surface area contributed by atoms with Crippen molar-refractivity contribution in [2.75, 3.05) is 50.6 Å². The number of carbonyl (C=O) groups excluding carboxylic acids is 2. The highest BCUT2D eigenvalue weighted by Gasteiger charge is 2.44. The minimum Gasteiger partial charge on any atom is -0.507 e. The molecule has 3 aliphatic heterocycles. The number of nitrogens with one attached hydrogen (secondary N) is 1. The lowest BCUT2D eigenvalue weighted by Gasteiger charge is -2.38. The minimum atomic E-state index is -1.94. The molecule has 4 aromatic rings. The number of fused-ring (bicyclic) bond motifs is 2. The highest BCUT2D eigenvalue weighted by atomic mass is 32.1. The molecule has 4 heterocycles. The Morgan fingerprint density at radius 2 is 1.66 bits per heavy atom. The van der Waals surface area contributed by atoms with E-state index in [2.05, 4.69) is 22.2 Å². The first kappa shape index (κ1) is 47.4. The topological polar surface area (TPSA) is 214 Å². The predicted molar refractivity (Wildman–Crippen MR) is 249 cm³/mol. The Balaban J connectivity index is 1.48. The normalized spacial score (nSPS) is 30.2. The van der Waals surface area contributed by atoms with Gasteiger partial charge in [-0.15, -0.1) is 0 Å². The zero-order chi connectivity index (χ0) is 47.4. The van der Waals surface area contributed by atoms with Crippen LogP contribution in [-0.2, 0) is 23.8 Å². The summed E-state index contributed by atoms with van der Waals surface area (Å²) in [6.07, 6.45) is 3.74. The molecule has 348 valence electrons. The van der Waals surface area contributed by atoms with Crippen LogP contribution in [0.1, 0.15) is 54.0 Å². The second-order valence-corrected chi connectivity index (χ2v) is 18.3. The average Bonchev–Trinajstić information content (AvgIpc) is 3.54. The van der Waals surface area contributed by atoms with E-state index >= 15 is 0 Å². The van der Waals surface area contributed by atoms with Crippen LogP contribution in [0.15, 0.2) is 57.5 Å². The maximum absolute atomic E-state index is 14.9. The number of ether oxygens (including phenoxy) is 4. The molecule has 7 rings (SSSR count). The number of hydrogen-bond acceptors (Lipinski definition) is 16. The molecule has 17 heteroatoms. The molecule has 16 nitrogen and oxygen atoms in total. The van der Waals surface area contributed by atoms with Gasteiger partial charge in [0.05, 0.1) is 39.7 Å². The van der Waals surface area contributed by atoms with Crippen LogP contribution in [0.2, 0.25) is 0 Å². The lowest BCUT2D eigenvalue weighted by Crippen LogP contribution is -2.46. The summed E-state index contributed by atoms with van der Waals surface area (Å²) in [5.74, 6) is -6.61. The third-order valence-corrected chi connectivity index (χ3v) is 13.6. The first-order chi connectivity index (χ1) is 30.7. The Hall–Kier alpha value is -5.59. The fraction of sp³-hybridized carbons (Fsp3) is 0.479. The number of anilines is 2. The van der Waals surface area contributed by atoms with E-state index in [1.165, 1.54) is 40.2 Å². The number of nitrogens with zero attached hydrogens (tertiary/aromatic N) is 3. The molecule has 1 fully saturated rings. The van der Waals surface area contributed by atoms with Crippen LogP contribution in [-0.4, -0.2) is 113 Å². The van der Waals surface area contributed by atoms with Crippen LogP contribution < -0.4 is 25.6 Å². The zero-order valence-corrected chi connectivity index (χ0v) is 39.1. The minimum absolute atomic E-state index is 0.00260. The molecule has 0 aliphatic carbocycles.